The summed E-state index contributed by atoms with van der Waals surface area (Å²) in [5.41, 5.74) is 0. The van der Waals surface area contributed by atoms with Crippen molar-refractivity contribution in [1.82, 2.24) is 10.6 Å². The Morgan fingerprint density at radius 2 is 1.81 bits per heavy atom. The number of rotatable bonds is 5. The van der Waals surface area contributed by atoms with Crippen LogP contribution in [0.3, 0.4) is 0 Å². The topological polar surface area (TPSA) is 41.1 Å². The number of carbonyl (C=O) groups excluding carboxylic acids is 1. The zero-order valence-electron chi connectivity index (χ0n) is 10.9. The summed E-state index contributed by atoms with van der Waals surface area (Å²) in [6, 6.07) is 0.496. The van der Waals surface area contributed by atoms with E-state index in [0.29, 0.717) is 12.0 Å². The molecule has 1 unspecified atom stereocenters. The highest BCUT2D eigenvalue weighted by Gasteiger charge is 2.19. The number of hydrogen-bond donors (Lipinski definition) is 2. The van der Waals surface area contributed by atoms with Crippen molar-refractivity contribution in [2.75, 3.05) is 6.54 Å². The van der Waals surface area contributed by atoms with E-state index in [0.717, 1.165) is 6.54 Å². The van der Waals surface area contributed by atoms with Gasteiger partial charge in [0, 0.05) is 12.6 Å². The molecule has 1 rings (SSSR count). The Morgan fingerprint density at radius 1 is 1.19 bits per heavy atom. The van der Waals surface area contributed by atoms with Crippen LogP contribution in [-0.4, -0.2) is 24.5 Å². The third-order valence-corrected chi connectivity index (χ3v) is 3.17. The van der Waals surface area contributed by atoms with Crippen LogP contribution in [0.15, 0.2) is 0 Å². The molecule has 0 aliphatic heterocycles. The minimum atomic E-state index is -0.0538. The fourth-order valence-corrected chi connectivity index (χ4v) is 2.16. The number of amides is 1. The highest BCUT2D eigenvalue weighted by molar-refractivity contribution is 5.81. The summed E-state index contributed by atoms with van der Waals surface area (Å²) < 4.78 is 0. The van der Waals surface area contributed by atoms with Crippen molar-refractivity contribution in [1.29, 1.82) is 0 Å². The first-order chi connectivity index (χ1) is 7.59. The van der Waals surface area contributed by atoms with Crippen LogP contribution < -0.4 is 10.6 Å². The van der Waals surface area contributed by atoms with Crippen LogP contribution >= 0.6 is 0 Å². The van der Waals surface area contributed by atoms with Gasteiger partial charge < -0.3 is 10.6 Å². The van der Waals surface area contributed by atoms with Gasteiger partial charge in [0.1, 0.15) is 0 Å². The van der Waals surface area contributed by atoms with Gasteiger partial charge in [0.15, 0.2) is 0 Å². The van der Waals surface area contributed by atoms with E-state index in [1.165, 1.54) is 32.1 Å². The monoisotopic (exact) mass is 226 g/mol. The van der Waals surface area contributed by atoms with E-state index in [2.05, 4.69) is 24.5 Å². The van der Waals surface area contributed by atoms with Gasteiger partial charge in [0.05, 0.1) is 6.04 Å². The highest BCUT2D eigenvalue weighted by atomic mass is 16.2. The summed E-state index contributed by atoms with van der Waals surface area (Å²) in [5.74, 6) is 0.658. The molecule has 1 aliphatic rings. The van der Waals surface area contributed by atoms with E-state index in [-0.39, 0.29) is 11.9 Å². The average molecular weight is 226 g/mol. The molecule has 0 bridgehead atoms. The maximum absolute atomic E-state index is 11.7. The Kier molecular flexibility index (Phi) is 5.81. The minimum absolute atomic E-state index is 0.0538. The fourth-order valence-electron chi connectivity index (χ4n) is 2.16. The van der Waals surface area contributed by atoms with Gasteiger partial charge in [-0.3, -0.25) is 4.79 Å². The van der Waals surface area contributed by atoms with Gasteiger partial charge in [0.2, 0.25) is 5.91 Å². The predicted octanol–water partition coefficient (Wildman–Crippen LogP) is 2.07. The zero-order valence-corrected chi connectivity index (χ0v) is 10.9. The molecule has 0 saturated heterocycles. The summed E-state index contributed by atoms with van der Waals surface area (Å²) in [7, 11) is 0. The minimum Gasteiger partial charge on any atom is -0.354 e. The van der Waals surface area contributed by atoms with Crippen LogP contribution in [0.1, 0.15) is 52.9 Å². The van der Waals surface area contributed by atoms with Crippen molar-refractivity contribution in [3.05, 3.63) is 0 Å². The van der Waals surface area contributed by atoms with Crippen LogP contribution in [0, 0.1) is 5.92 Å². The maximum Gasteiger partial charge on any atom is 0.236 e. The van der Waals surface area contributed by atoms with E-state index in [1.807, 2.05) is 6.92 Å². The molecule has 1 aliphatic carbocycles. The molecule has 0 aromatic heterocycles. The van der Waals surface area contributed by atoms with Crippen LogP contribution in [0.25, 0.3) is 0 Å². The molecule has 2 N–H and O–H groups in total. The standard InChI is InChI=1S/C13H26N2O/c1-10(2)9-14-13(16)11(3)15-12-7-5-4-6-8-12/h10-12,15H,4-9H2,1-3H3,(H,14,16). The van der Waals surface area contributed by atoms with Gasteiger partial charge >= 0.3 is 0 Å². The van der Waals surface area contributed by atoms with Gasteiger partial charge in [-0.2, -0.15) is 0 Å². The van der Waals surface area contributed by atoms with Gasteiger partial charge in [-0.15, -0.1) is 0 Å². The molecule has 0 spiro atoms. The Morgan fingerprint density at radius 3 is 2.38 bits per heavy atom. The third-order valence-electron chi connectivity index (χ3n) is 3.17. The van der Waals surface area contributed by atoms with Crippen molar-refractivity contribution in [2.24, 2.45) is 5.92 Å². The van der Waals surface area contributed by atoms with Crippen LogP contribution in [0.2, 0.25) is 0 Å². The lowest BCUT2D eigenvalue weighted by atomic mass is 9.95. The fraction of sp³-hybridized carbons (Fsp3) is 0.923. The highest BCUT2D eigenvalue weighted by Crippen LogP contribution is 2.17. The second-order valence-corrected chi connectivity index (χ2v) is 5.36. The summed E-state index contributed by atoms with van der Waals surface area (Å²) >= 11 is 0. The quantitative estimate of drug-likeness (QED) is 0.753. The van der Waals surface area contributed by atoms with E-state index < -0.39 is 0 Å². The normalized spacial score (nSPS) is 19.8. The predicted molar refractivity (Wildman–Crippen MR) is 67.3 cm³/mol. The maximum atomic E-state index is 11.7. The largest absolute Gasteiger partial charge is 0.354 e. The van der Waals surface area contributed by atoms with E-state index in [1.54, 1.807) is 0 Å². The molecule has 0 aromatic rings. The van der Waals surface area contributed by atoms with Gasteiger partial charge in [0.25, 0.3) is 0 Å². The van der Waals surface area contributed by atoms with Crippen molar-refractivity contribution in [3.8, 4) is 0 Å². The first kappa shape index (κ1) is 13.5. The smallest absolute Gasteiger partial charge is 0.236 e. The average Bonchev–Trinajstić information content (AvgIpc) is 2.27. The van der Waals surface area contributed by atoms with Crippen molar-refractivity contribution < 1.29 is 4.79 Å². The molecule has 0 heterocycles. The van der Waals surface area contributed by atoms with E-state index >= 15 is 0 Å². The van der Waals surface area contributed by atoms with Crippen molar-refractivity contribution >= 4 is 5.91 Å². The molecular formula is C13H26N2O. The number of nitrogens with one attached hydrogen (secondary N) is 2. The van der Waals surface area contributed by atoms with Gasteiger partial charge in [-0.05, 0) is 25.7 Å². The van der Waals surface area contributed by atoms with Crippen LogP contribution in [0.5, 0.6) is 0 Å². The molecule has 1 fully saturated rings. The molecule has 3 nitrogen and oxygen atoms in total. The van der Waals surface area contributed by atoms with Gasteiger partial charge in [-0.1, -0.05) is 33.1 Å². The van der Waals surface area contributed by atoms with Crippen LogP contribution in [-0.2, 0) is 4.79 Å². The second-order valence-electron chi connectivity index (χ2n) is 5.36. The van der Waals surface area contributed by atoms with Crippen molar-refractivity contribution in [2.45, 2.75) is 65.0 Å². The second kappa shape index (κ2) is 6.89. The van der Waals surface area contributed by atoms with E-state index in [4.69, 9.17) is 0 Å². The number of carbonyl (C=O) groups is 1. The van der Waals surface area contributed by atoms with Crippen LogP contribution in [0.4, 0.5) is 0 Å². The van der Waals surface area contributed by atoms with Crippen molar-refractivity contribution in [3.63, 3.8) is 0 Å². The molecule has 94 valence electrons. The lowest BCUT2D eigenvalue weighted by molar-refractivity contribution is -0.123. The zero-order chi connectivity index (χ0) is 12.0. The first-order valence-electron chi connectivity index (χ1n) is 6.63. The molecular weight excluding hydrogens is 200 g/mol. The first-order valence-corrected chi connectivity index (χ1v) is 6.63. The lowest BCUT2D eigenvalue weighted by Gasteiger charge is -2.26. The molecule has 1 amide bonds. The molecule has 3 heteroatoms. The number of hydrogen-bond acceptors (Lipinski definition) is 2. The third kappa shape index (κ3) is 4.97. The Hall–Kier alpha value is -0.570. The Labute approximate surface area is 99.4 Å². The summed E-state index contributed by atoms with van der Waals surface area (Å²) in [6.07, 6.45) is 6.41. The summed E-state index contributed by atoms with van der Waals surface area (Å²) in [5, 5.41) is 6.40. The van der Waals surface area contributed by atoms with E-state index in [9.17, 15) is 4.79 Å². The lowest BCUT2D eigenvalue weighted by Crippen LogP contribution is -2.47. The molecule has 1 atom stereocenters. The SMILES string of the molecule is CC(C)CNC(=O)C(C)NC1CCCCC1. The summed E-state index contributed by atoms with van der Waals surface area (Å²) in [6.45, 7) is 6.96. The molecule has 0 aromatic carbocycles. The Bertz CT molecular complexity index is 210. The summed E-state index contributed by atoms with van der Waals surface area (Å²) in [4.78, 5) is 11.7. The molecule has 1 saturated carbocycles. The molecule has 16 heavy (non-hydrogen) atoms. The Balaban J connectivity index is 2.21. The molecule has 0 radical (unpaired) electrons. The van der Waals surface area contributed by atoms with Gasteiger partial charge in [-0.25, -0.2) is 0 Å².